The minimum atomic E-state index is -0.555. The standard InChI is InChI=1S/C25H36BrClN2O4/c1-24(2,3)33-23(30)29-15-19(14-25(29,4)16-32-21-9-5-6-11-31-21)28-10-7-8-17-12-18(27)13-20(26)22(17)28/h12-13,19,21H,5-11,14-16H2,1-4H3/t19-,21-,25-/m0/s1. The Kier molecular flexibility index (Phi) is 7.54. The molecule has 0 saturated carbocycles. The van der Waals surface area contributed by atoms with Crippen LogP contribution in [0.15, 0.2) is 16.6 Å². The van der Waals surface area contributed by atoms with Gasteiger partial charge in [-0.3, -0.25) is 4.90 Å². The maximum atomic E-state index is 13.3. The van der Waals surface area contributed by atoms with Crippen LogP contribution >= 0.6 is 27.5 Å². The number of rotatable bonds is 4. The topological polar surface area (TPSA) is 51.2 Å². The highest BCUT2D eigenvalue weighted by Gasteiger charge is 2.49. The zero-order valence-corrected chi connectivity index (χ0v) is 22.5. The van der Waals surface area contributed by atoms with Gasteiger partial charge in [0, 0.05) is 35.2 Å². The summed E-state index contributed by atoms with van der Waals surface area (Å²) in [6.45, 7) is 10.5. The third-order valence-electron chi connectivity index (χ3n) is 6.73. The first-order chi connectivity index (χ1) is 15.6. The average Bonchev–Trinajstić information content (AvgIpc) is 3.09. The molecule has 3 aliphatic heterocycles. The number of likely N-dealkylation sites (tertiary alicyclic amines) is 1. The molecule has 0 spiro atoms. The first-order valence-corrected chi connectivity index (χ1v) is 13.2. The molecule has 0 unspecified atom stereocenters. The van der Waals surface area contributed by atoms with E-state index in [9.17, 15) is 4.79 Å². The third-order valence-corrected chi connectivity index (χ3v) is 7.56. The van der Waals surface area contributed by atoms with Crippen molar-refractivity contribution in [3.8, 4) is 0 Å². The number of fused-ring (bicyclic) bond motifs is 1. The van der Waals surface area contributed by atoms with Crippen molar-refractivity contribution in [3.05, 3.63) is 27.2 Å². The van der Waals surface area contributed by atoms with Crippen LogP contribution in [0.2, 0.25) is 5.02 Å². The molecule has 3 heterocycles. The molecule has 0 N–H and O–H groups in total. The van der Waals surface area contributed by atoms with Crippen molar-refractivity contribution in [2.24, 2.45) is 0 Å². The molecular formula is C25H36BrClN2O4. The van der Waals surface area contributed by atoms with Gasteiger partial charge < -0.3 is 19.1 Å². The summed E-state index contributed by atoms with van der Waals surface area (Å²) < 4.78 is 18.8. The van der Waals surface area contributed by atoms with Gasteiger partial charge in [-0.25, -0.2) is 4.79 Å². The summed E-state index contributed by atoms with van der Waals surface area (Å²) in [6, 6.07) is 4.19. The van der Waals surface area contributed by atoms with Crippen molar-refractivity contribution in [3.63, 3.8) is 0 Å². The largest absolute Gasteiger partial charge is 0.444 e. The van der Waals surface area contributed by atoms with Gasteiger partial charge in [0.15, 0.2) is 6.29 Å². The fraction of sp³-hybridized carbons (Fsp3) is 0.720. The lowest BCUT2D eigenvalue weighted by atomic mass is 9.95. The average molecular weight is 544 g/mol. The van der Waals surface area contributed by atoms with Crippen molar-refractivity contribution >= 4 is 39.3 Å². The van der Waals surface area contributed by atoms with Gasteiger partial charge in [-0.1, -0.05) is 11.6 Å². The monoisotopic (exact) mass is 542 g/mol. The minimum Gasteiger partial charge on any atom is -0.444 e. The van der Waals surface area contributed by atoms with Gasteiger partial charge in [-0.2, -0.15) is 0 Å². The van der Waals surface area contributed by atoms with Crippen molar-refractivity contribution in [1.29, 1.82) is 0 Å². The number of aryl methyl sites for hydroxylation is 1. The predicted molar refractivity (Wildman–Crippen MR) is 134 cm³/mol. The molecule has 4 rings (SSSR count). The second kappa shape index (κ2) is 9.92. The fourth-order valence-electron chi connectivity index (χ4n) is 5.23. The summed E-state index contributed by atoms with van der Waals surface area (Å²) in [5.41, 5.74) is 1.41. The third kappa shape index (κ3) is 5.80. The van der Waals surface area contributed by atoms with E-state index in [1.807, 2.05) is 31.7 Å². The number of carbonyl (C=O) groups excluding carboxylic acids is 1. The lowest BCUT2D eigenvalue weighted by Crippen LogP contribution is -2.50. The van der Waals surface area contributed by atoms with Gasteiger partial charge in [0.1, 0.15) is 5.60 Å². The lowest BCUT2D eigenvalue weighted by molar-refractivity contribution is -0.177. The van der Waals surface area contributed by atoms with Gasteiger partial charge in [0.2, 0.25) is 0 Å². The molecule has 0 aliphatic carbocycles. The minimum absolute atomic E-state index is 0.162. The number of halogens is 2. The van der Waals surface area contributed by atoms with E-state index in [2.05, 4.69) is 33.8 Å². The van der Waals surface area contributed by atoms with Gasteiger partial charge >= 0.3 is 6.09 Å². The summed E-state index contributed by atoms with van der Waals surface area (Å²) in [7, 11) is 0. The smallest absolute Gasteiger partial charge is 0.410 e. The molecule has 2 fully saturated rings. The van der Waals surface area contributed by atoms with Crippen LogP contribution in [0.5, 0.6) is 0 Å². The maximum absolute atomic E-state index is 13.3. The van der Waals surface area contributed by atoms with Gasteiger partial charge in [0.05, 0.1) is 17.8 Å². The number of ether oxygens (including phenoxy) is 3. The number of hydrogen-bond acceptors (Lipinski definition) is 5. The second-order valence-electron chi connectivity index (χ2n) is 10.7. The number of carbonyl (C=O) groups is 1. The van der Waals surface area contributed by atoms with Crippen LogP contribution in [-0.4, -0.2) is 60.8 Å². The Morgan fingerprint density at radius 3 is 2.79 bits per heavy atom. The Hall–Kier alpha value is -1.02. The normalized spacial score (nSPS) is 28.1. The quantitative estimate of drug-likeness (QED) is 0.455. The zero-order valence-electron chi connectivity index (χ0n) is 20.2. The number of nitrogens with zero attached hydrogens (tertiary/aromatic N) is 2. The van der Waals surface area contributed by atoms with Crippen LogP contribution in [0.1, 0.15) is 65.4 Å². The fourth-order valence-corrected chi connectivity index (χ4v) is 6.34. The summed E-state index contributed by atoms with van der Waals surface area (Å²) >= 11 is 10.1. The Labute approximate surface area is 211 Å². The van der Waals surface area contributed by atoms with E-state index < -0.39 is 11.1 Å². The highest BCUT2D eigenvalue weighted by Crippen LogP contribution is 2.42. The molecule has 1 aromatic carbocycles. The summed E-state index contributed by atoms with van der Waals surface area (Å²) in [5.74, 6) is 0. The Bertz CT molecular complexity index is 871. The molecule has 1 amide bonds. The van der Waals surface area contributed by atoms with Crippen molar-refractivity contribution in [1.82, 2.24) is 4.90 Å². The van der Waals surface area contributed by atoms with Crippen molar-refractivity contribution in [2.45, 2.75) is 89.7 Å². The molecule has 8 heteroatoms. The summed E-state index contributed by atoms with van der Waals surface area (Å²) in [5, 5.41) is 0.745. The highest BCUT2D eigenvalue weighted by atomic mass is 79.9. The molecule has 184 valence electrons. The Balaban J connectivity index is 1.58. The summed E-state index contributed by atoms with van der Waals surface area (Å²) in [4.78, 5) is 17.6. The number of anilines is 1. The predicted octanol–water partition coefficient (Wildman–Crippen LogP) is 6.17. The molecule has 2 saturated heterocycles. The van der Waals surface area contributed by atoms with E-state index in [1.54, 1.807) is 0 Å². The first-order valence-electron chi connectivity index (χ1n) is 12.0. The van der Waals surface area contributed by atoms with Gasteiger partial charge in [-0.15, -0.1) is 0 Å². The highest BCUT2D eigenvalue weighted by molar-refractivity contribution is 9.10. The van der Waals surface area contributed by atoms with E-state index in [0.29, 0.717) is 13.2 Å². The van der Waals surface area contributed by atoms with Crippen LogP contribution < -0.4 is 4.90 Å². The number of benzene rings is 1. The van der Waals surface area contributed by atoms with Gasteiger partial charge in [-0.05, 0) is 99.8 Å². The van der Waals surface area contributed by atoms with Crippen molar-refractivity contribution in [2.75, 3.05) is 31.2 Å². The molecule has 6 nitrogen and oxygen atoms in total. The molecule has 0 radical (unpaired) electrons. The maximum Gasteiger partial charge on any atom is 0.410 e. The molecule has 1 aromatic rings. The van der Waals surface area contributed by atoms with E-state index in [1.165, 1.54) is 11.3 Å². The van der Waals surface area contributed by atoms with Crippen LogP contribution in [0.4, 0.5) is 10.5 Å². The second-order valence-corrected chi connectivity index (χ2v) is 12.0. The van der Waals surface area contributed by atoms with Crippen LogP contribution in [-0.2, 0) is 20.6 Å². The number of amides is 1. The van der Waals surface area contributed by atoms with Gasteiger partial charge in [0.25, 0.3) is 0 Å². The van der Waals surface area contributed by atoms with E-state index in [-0.39, 0.29) is 18.4 Å². The van der Waals surface area contributed by atoms with Crippen LogP contribution in [0, 0.1) is 0 Å². The molecular weight excluding hydrogens is 508 g/mol. The Morgan fingerprint density at radius 1 is 1.30 bits per heavy atom. The molecule has 3 aliphatic rings. The SMILES string of the molecule is CC(C)(C)OC(=O)N1C[C@@H](N2CCCc3cc(Cl)cc(Br)c32)C[C@@]1(C)CO[C@H]1CCCCO1. The van der Waals surface area contributed by atoms with Crippen molar-refractivity contribution < 1.29 is 19.0 Å². The van der Waals surface area contributed by atoms with E-state index in [0.717, 1.165) is 61.2 Å². The van der Waals surface area contributed by atoms with Crippen LogP contribution in [0.3, 0.4) is 0 Å². The zero-order chi connectivity index (χ0) is 23.8. The Morgan fingerprint density at radius 2 is 2.09 bits per heavy atom. The van der Waals surface area contributed by atoms with E-state index >= 15 is 0 Å². The van der Waals surface area contributed by atoms with E-state index in [4.69, 9.17) is 25.8 Å². The molecule has 33 heavy (non-hydrogen) atoms. The van der Waals surface area contributed by atoms with Crippen LogP contribution in [0.25, 0.3) is 0 Å². The number of hydrogen-bond donors (Lipinski definition) is 0. The molecule has 0 bridgehead atoms. The summed E-state index contributed by atoms with van der Waals surface area (Å²) in [6.07, 6.45) is 5.48. The molecule has 0 aromatic heterocycles. The first kappa shape index (κ1) is 25.1. The lowest BCUT2D eigenvalue weighted by Gasteiger charge is -2.37. The molecule has 3 atom stereocenters.